The Balaban J connectivity index is 1.39. The van der Waals surface area contributed by atoms with Crippen molar-refractivity contribution in [3.8, 4) is 0 Å². The summed E-state index contributed by atoms with van der Waals surface area (Å²) >= 11 is 5.93. The molecule has 2 fully saturated rings. The number of carbonyl (C=O) groups excluding carboxylic acids is 2. The van der Waals surface area contributed by atoms with Gasteiger partial charge in [-0.2, -0.15) is 0 Å². The molecule has 7 nitrogen and oxygen atoms in total. The average molecular weight is 432 g/mol. The second-order valence-electron chi connectivity index (χ2n) is 7.74. The molecule has 1 N–H and O–H groups in total. The summed E-state index contributed by atoms with van der Waals surface area (Å²) in [4.78, 5) is 29.2. The first-order chi connectivity index (χ1) is 14.5. The number of aryl methyl sites for hydroxylation is 1. The van der Waals surface area contributed by atoms with E-state index in [1.165, 1.54) is 0 Å². The highest BCUT2D eigenvalue weighted by atomic mass is 35.5. The number of hydrogen-bond donors (Lipinski definition) is 1. The Morgan fingerprint density at radius 2 is 1.93 bits per heavy atom. The number of nitrogens with zero attached hydrogens (tertiary/aromatic N) is 2. The van der Waals surface area contributed by atoms with Gasteiger partial charge in [-0.1, -0.05) is 11.6 Å². The van der Waals surface area contributed by atoms with Crippen LogP contribution in [0.1, 0.15) is 24.0 Å². The number of benzene rings is 1. The van der Waals surface area contributed by atoms with Crippen molar-refractivity contribution in [3.05, 3.63) is 52.9 Å². The molecule has 2 atom stereocenters. The molecule has 0 spiro atoms. The average Bonchev–Trinajstić information content (AvgIpc) is 3.35. The maximum atomic E-state index is 12.9. The number of nitrogens with one attached hydrogen (secondary N) is 1. The van der Waals surface area contributed by atoms with Gasteiger partial charge in [0, 0.05) is 43.3 Å². The number of morpholine rings is 1. The molecule has 160 valence electrons. The summed E-state index contributed by atoms with van der Waals surface area (Å²) in [5.41, 5.74) is 0.761. The maximum Gasteiger partial charge on any atom is 0.227 e. The van der Waals surface area contributed by atoms with Gasteiger partial charge < -0.3 is 19.4 Å². The summed E-state index contributed by atoms with van der Waals surface area (Å²) in [5, 5.41) is 3.66. The molecule has 0 bridgehead atoms. The van der Waals surface area contributed by atoms with Gasteiger partial charge in [-0.15, -0.1) is 0 Å². The smallest absolute Gasteiger partial charge is 0.227 e. The van der Waals surface area contributed by atoms with Gasteiger partial charge in [0.2, 0.25) is 11.8 Å². The maximum absolute atomic E-state index is 12.9. The van der Waals surface area contributed by atoms with E-state index in [-0.39, 0.29) is 30.2 Å². The van der Waals surface area contributed by atoms with Crippen LogP contribution in [0.5, 0.6) is 0 Å². The minimum absolute atomic E-state index is 0.0520. The fraction of sp³-hybridized carbons (Fsp3) is 0.455. The molecule has 8 heteroatoms. The number of anilines is 1. The van der Waals surface area contributed by atoms with E-state index in [9.17, 15) is 9.59 Å². The highest BCUT2D eigenvalue weighted by Crippen LogP contribution is 2.27. The standard InChI is InChI=1S/C22H26ClN3O4/c1-15-2-7-20(30-15)19(25-8-10-29-11-9-25)13-24-22(28)16-12-21(27)26(14-16)18-5-3-17(23)4-6-18/h2-7,16,19H,8-14H2,1H3,(H,24,28). The van der Waals surface area contributed by atoms with Gasteiger partial charge in [-0.05, 0) is 43.3 Å². The molecule has 2 aromatic rings. The van der Waals surface area contributed by atoms with Crippen molar-refractivity contribution in [2.24, 2.45) is 5.92 Å². The third-order valence-corrected chi connectivity index (χ3v) is 5.93. The molecular weight excluding hydrogens is 406 g/mol. The van der Waals surface area contributed by atoms with Crippen LogP contribution in [0, 0.1) is 12.8 Å². The predicted octanol–water partition coefficient (Wildman–Crippen LogP) is 2.78. The number of rotatable bonds is 6. The normalized spacial score (nSPS) is 21.1. The number of carbonyl (C=O) groups is 2. The van der Waals surface area contributed by atoms with Crippen LogP contribution >= 0.6 is 11.6 Å². The summed E-state index contributed by atoms with van der Waals surface area (Å²) in [5.74, 6) is 1.14. The lowest BCUT2D eigenvalue weighted by molar-refractivity contribution is -0.126. The minimum atomic E-state index is -0.378. The zero-order valence-electron chi connectivity index (χ0n) is 17.0. The van der Waals surface area contributed by atoms with Crippen LogP contribution < -0.4 is 10.2 Å². The Morgan fingerprint density at radius 3 is 2.60 bits per heavy atom. The zero-order valence-corrected chi connectivity index (χ0v) is 17.7. The van der Waals surface area contributed by atoms with Gasteiger partial charge in [0.25, 0.3) is 0 Å². The summed E-state index contributed by atoms with van der Waals surface area (Å²) in [7, 11) is 0. The molecule has 0 aliphatic carbocycles. The summed E-state index contributed by atoms with van der Waals surface area (Å²) < 4.78 is 11.3. The van der Waals surface area contributed by atoms with Crippen molar-refractivity contribution < 1.29 is 18.7 Å². The fourth-order valence-corrected chi connectivity index (χ4v) is 4.15. The van der Waals surface area contributed by atoms with E-state index in [0.29, 0.717) is 31.3 Å². The summed E-state index contributed by atoms with van der Waals surface area (Å²) in [6.45, 7) is 5.60. The van der Waals surface area contributed by atoms with Crippen molar-refractivity contribution in [1.29, 1.82) is 0 Å². The van der Waals surface area contributed by atoms with E-state index in [1.807, 2.05) is 19.1 Å². The van der Waals surface area contributed by atoms with E-state index in [1.54, 1.807) is 29.2 Å². The molecule has 2 unspecified atom stereocenters. The molecule has 2 amide bonds. The van der Waals surface area contributed by atoms with Crippen LogP contribution in [0.25, 0.3) is 0 Å². The third-order valence-electron chi connectivity index (χ3n) is 5.68. The van der Waals surface area contributed by atoms with Crippen LogP contribution in [0.4, 0.5) is 5.69 Å². The van der Waals surface area contributed by atoms with Crippen molar-refractivity contribution in [1.82, 2.24) is 10.2 Å². The molecule has 0 radical (unpaired) electrons. The first-order valence-corrected chi connectivity index (χ1v) is 10.6. The number of ether oxygens (including phenoxy) is 1. The van der Waals surface area contributed by atoms with Crippen LogP contribution in [0.2, 0.25) is 5.02 Å². The molecule has 0 saturated carbocycles. The Labute approximate surface area is 180 Å². The van der Waals surface area contributed by atoms with Crippen LogP contribution in [0.3, 0.4) is 0 Å². The highest BCUT2D eigenvalue weighted by Gasteiger charge is 2.36. The monoisotopic (exact) mass is 431 g/mol. The lowest BCUT2D eigenvalue weighted by atomic mass is 10.1. The van der Waals surface area contributed by atoms with E-state index in [0.717, 1.165) is 30.3 Å². The molecule has 2 saturated heterocycles. The molecule has 30 heavy (non-hydrogen) atoms. The molecular formula is C22H26ClN3O4. The first kappa shape index (κ1) is 20.9. The SMILES string of the molecule is Cc1ccc(C(CNC(=O)C2CC(=O)N(c3ccc(Cl)cc3)C2)N2CCOCC2)o1. The van der Waals surface area contributed by atoms with Crippen molar-refractivity contribution in [2.75, 3.05) is 44.3 Å². The van der Waals surface area contributed by atoms with Gasteiger partial charge in [-0.3, -0.25) is 14.5 Å². The predicted molar refractivity (Wildman–Crippen MR) is 113 cm³/mol. The van der Waals surface area contributed by atoms with Gasteiger partial charge in [-0.25, -0.2) is 0 Å². The second-order valence-corrected chi connectivity index (χ2v) is 8.18. The Kier molecular flexibility index (Phi) is 6.41. The van der Waals surface area contributed by atoms with Gasteiger partial charge >= 0.3 is 0 Å². The minimum Gasteiger partial charge on any atom is -0.465 e. The molecule has 4 rings (SSSR count). The lowest BCUT2D eigenvalue weighted by Crippen LogP contribution is -2.44. The number of amides is 2. The van der Waals surface area contributed by atoms with Crippen molar-refractivity contribution in [3.63, 3.8) is 0 Å². The fourth-order valence-electron chi connectivity index (χ4n) is 4.03. The van der Waals surface area contributed by atoms with Gasteiger partial charge in [0.15, 0.2) is 0 Å². The quantitative estimate of drug-likeness (QED) is 0.761. The van der Waals surface area contributed by atoms with Crippen LogP contribution in [-0.2, 0) is 14.3 Å². The largest absolute Gasteiger partial charge is 0.465 e. The Morgan fingerprint density at radius 1 is 1.20 bits per heavy atom. The summed E-state index contributed by atoms with van der Waals surface area (Å²) in [6, 6.07) is 10.9. The Bertz CT molecular complexity index is 892. The van der Waals surface area contributed by atoms with E-state index >= 15 is 0 Å². The number of hydrogen-bond acceptors (Lipinski definition) is 5. The molecule has 1 aromatic heterocycles. The van der Waals surface area contributed by atoms with Crippen LogP contribution in [0.15, 0.2) is 40.8 Å². The molecule has 2 aliphatic heterocycles. The topological polar surface area (TPSA) is 75.0 Å². The summed E-state index contributed by atoms with van der Waals surface area (Å²) in [6.07, 6.45) is 0.205. The van der Waals surface area contributed by atoms with E-state index in [2.05, 4.69) is 10.2 Å². The van der Waals surface area contributed by atoms with Crippen molar-refractivity contribution in [2.45, 2.75) is 19.4 Å². The number of halogens is 1. The molecule has 3 heterocycles. The van der Waals surface area contributed by atoms with Gasteiger partial charge in [0.05, 0.1) is 25.2 Å². The number of furan rings is 1. The van der Waals surface area contributed by atoms with Gasteiger partial charge in [0.1, 0.15) is 11.5 Å². The van der Waals surface area contributed by atoms with Crippen molar-refractivity contribution >= 4 is 29.1 Å². The van der Waals surface area contributed by atoms with Crippen LogP contribution in [-0.4, -0.2) is 56.1 Å². The molecule has 2 aliphatic rings. The van der Waals surface area contributed by atoms with E-state index < -0.39 is 0 Å². The second kappa shape index (κ2) is 9.20. The third kappa shape index (κ3) is 4.69. The zero-order chi connectivity index (χ0) is 21.1. The Hall–Kier alpha value is -2.35. The van der Waals surface area contributed by atoms with E-state index in [4.69, 9.17) is 20.8 Å². The first-order valence-electron chi connectivity index (χ1n) is 10.2. The lowest BCUT2D eigenvalue weighted by Gasteiger charge is -2.33. The molecule has 1 aromatic carbocycles. The highest BCUT2D eigenvalue weighted by molar-refractivity contribution is 6.30.